The van der Waals surface area contributed by atoms with Crippen LogP contribution in [-0.2, 0) is 52.2 Å². The van der Waals surface area contributed by atoms with Crippen LogP contribution in [0.2, 0.25) is 0 Å². The smallest absolute Gasteiger partial charge is 0.332 e. The lowest BCUT2D eigenvalue weighted by molar-refractivity contribution is -0.149. The molecule has 0 heterocycles. The van der Waals surface area contributed by atoms with E-state index in [1.54, 1.807) is 7.11 Å². The second kappa shape index (κ2) is 30.1. The molecule has 0 saturated carbocycles. The second-order valence-corrected chi connectivity index (χ2v) is 6.91. The molecule has 204 valence electrons. The Bertz CT molecular complexity index is 399. The molecule has 0 aliphatic carbocycles. The first-order valence-electron chi connectivity index (χ1n) is 12.1. The van der Waals surface area contributed by atoms with E-state index >= 15 is 0 Å². The fraction of sp³-hybridized carbons (Fsp3) is 0.957. The van der Waals surface area contributed by atoms with Gasteiger partial charge >= 0.3 is 5.97 Å². The molecule has 0 aromatic rings. The molecule has 0 spiro atoms. The van der Waals surface area contributed by atoms with Crippen LogP contribution in [0.3, 0.4) is 0 Å². The molecule has 0 N–H and O–H groups in total. The number of hydrogen-bond acceptors (Lipinski definition) is 11. The van der Waals surface area contributed by atoms with Crippen LogP contribution in [0.5, 0.6) is 0 Å². The molecular weight excluding hydrogens is 452 g/mol. The van der Waals surface area contributed by atoms with Crippen LogP contribution in [-0.4, -0.2) is 132 Å². The zero-order valence-electron chi connectivity index (χ0n) is 21.1. The zero-order valence-corrected chi connectivity index (χ0v) is 21.1. The van der Waals surface area contributed by atoms with Crippen molar-refractivity contribution in [3.05, 3.63) is 0 Å². The summed E-state index contributed by atoms with van der Waals surface area (Å²) in [4.78, 5) is 11.3. The number of ether oxygens (including phenoxy) is 10. The molecule has 0 rings (SSSR count). The van der Waals surface area contributed by atoms with Crippen LogP contribution in [0, 0.1) is 0 Å². The number of unbranched alkanes of at least 4 members (excludes halogenated alkanes) is 1. The van der Waals surface area contributed by atoms with Crippen LogP contribution in [0.25, 0.3) is 0 Å². The highest BCUT2D eigenvalue weighted by atomic mass is 16.6. The van der Waals surface area contributed by atoms with Gasteiger partial charge in [0.2, 0.25) is 0 Å². The van der Waals surface area contributed by atoms with Gasteiger partial charge in [-0.15, -0.1) is 0 Å². The van der Waals surface area contributed by atoms with E-state index in [9.17, 15) is 4.79 Å². The number of methoxy groups -OCH3 is 1. The number of rotatable bonds is 29. The van der Waals surface area contributed by atoms with Gasteiger partial charge in [0.25, 0.3) is 0 Å². The highest BCUT2D eigenvalue weighted by Gasteiger charge is 2.02. The number of carbonyl (C=O) groups excluding carboxylic acids is 1. The molecule has 34 heavy (non-hydrogen) atoms. The van der Waals surface area contributed by atoms with Crippen molar-refractivity contribution in [1.29, 1.82) is 0 Å². The van der Waals surface area contributed by atoms with E-state index < -0.39 is 0 Å². The zero-order chi connectivity index (χ0) is 24.8. The standard InChI is InChI=1S/C23H46O11/c1-3-4-5-34-23(24)22-33-21-20-32-19-18-31-17-16-30-15-14-29-13-12-28-11-10-27-9-8-26-7-6-25-2/h3-22H2,1-2H3. The molecule has 0 saturated heterocycles. The van der Waals surface area contributed by atoms with E-state index in [4.69, 9.17) is 47.4 Å². The minimum atomic E-state index is -0.340. The first kappa shape index (κ1) is 33.1. The van der Waals surface area contributed by atoms with Crippen molar-refractivity contribution in [2.75, 3.05) is 126 Å². The van der Waals surface area contributed by atoms with Gasteiger partial charge in [0, 0.05) is 7.11 Å². The Labute approximate surface area is 204 Å². The van der Waals surface area contributed by atoms with Crippen molar-refractivity contribution in [3.8, 4) is 0 Å². The van der Waals surface area contributed by atoms with Crippen molar-refractivity contribution >= 4 is 5.97 Å². The predicted octanol–water partition coefficient (Wildman–Crippen LogP) is 1.11. The summed E-state index contributed by atoms with van der Waals surface area (Å²) in [5, 5.41) is 0. The van der Waals surface area contributed by atoms with Crippen LogP contribution in [0.4, 0.5) is 0 Å². The van der Waals surface area contributed by atoms with Gasteiger partial charge in [-0.05, 0) is 6.42 Å². The molecule has 11 heteroatoms. The van der Waals surface area contributed by atoms with Crippen LogP contribution in [0.15, 0.2) is 0 Å². The van der Waals surface area contributed by atoms with E-state index in [-0.39, 0.29) is 12.6 Å². The molecule has 0 aromatic carbocycles. The maximum Gasteiger partial charge on any atom is 0.332 e. The van der Waals surface area contributed by atoms with Crippen molar-refractivity contribution < 1.29 is 52.2 Å². The summed E-state index contributed by atoms with van der Waals surface area (Å²) >= 11 is 0. The molecule has 11 nitrogen and oxygen atoms in total. The average Bonchev–Trinajstić information content (AvgIpc) is 2.84. The lowest BCUT2D eigenvalue weighted by atomic mass is 10.4. The molecule has 0 aromatic heterocycles. The topological polar surface area (TPSA) is 109 Å². The third kappa shape index (κ3) is 29.1. The molecule has 0 aliphatic rings. The molecule has 0 aliphatic heterocycles. The summed E-state index contributed by atoms with van der Waals surface area (Å²) < 4.78 is 52.7. The van der Waals surface area contributed by atoms with Crippen molar-refractivity contribution in [2.45, 2.75) is 19.8 Å². The number of carbonyl (C=O) groups is 1. The minimum Gasteiger partial charge on any atom is -0.464 e. The summed E-state index contributed by atoms with van der Waals surface area (Å²) in [7, 11) is 1.64. The Kier molecular flexibility index (Phi) is 29.4. The monoisotopic (exact) mass is 498 g/mol. The number of hydrogen-bond donors (Lipinski definition) is 0. The summed E-state index contributed by atoms with van der Waals surface area (Å²) in [6, 6.07) is 0. The largest absolute Gasteiger partial charge is 0.464 e. The highest BCUT2D eigenvalue weighted by Crippen LogP contribution is 1.90. The van der Waals surface area contributed by atoms with Gasteiger partial charge in [0.1, 0.15) is 6.61 Å². The first-order chi connectivity index (χ1) is 16.8. The molecular formula is C23H46O11. The Balaban J connectivity index is 3.06. The summed E-state index contributed by atoms with van der Waals surface area (Å²) in [6.45, 7) is 10.5. The van der Waals surface area contributed by atoms with Gasteiger partial charge < -0.3 is 47.4 Å². The lowest BCUT2D eigenvalue weighted by Crippen LogP contribution is -2.17. The third-order valence-corrected chi connectivity index (χ3v) is 4.02. The van der Waals surface area contributed by atoms with Gasteiger partial charge in [0.15, 0.2) is 0 Å². The first-order valence-corrected chi connectivity index (χ1v) is 12.1. The van der Waals surface area contributed by atoms with Crippen LogP contribution in [0.1, 0.15) is 19.8 Å². The van der Waals surface area contributed by atoms with E-state index in [1.165, 1.54) is 0 Å². The van der Waals surface area contributed by atoms with Gasteiger partial charge in [-0.2, -0.15) is 0 Å². The van der Waals surface area contributed by atoms with E-state index in [2.05, 4.69) is 0 Å². The van der Waals surface area contributed by atoms with Gasteiger partial charge in [-0.1, -0.05) is 13.3 Å². The van der Waals surface area contributed by atoms with Crippen molar-refractivity contribution in [2.24, 2.45) is 0 Å². The van der Waals surface area contributed by atoms with E-state index in [1.807, 2.05) is 6.92 Å². The quantitative estimate of drug-likeness (QED) is 0.109. The second-order valence-electron chi connectivity index (χ2n) is 6.91. The maximum absolute atomic E-state index is 11.3. The Hall–Kier alpha value is -0.890. The van der Waals surface area contributed by atoms with Gasteiger partial charge in [-0.3, -0.25) is 0 Å². The lowest BCUT2D eigenvalue weighted by Gasteiger charge is -2.08. The summed E-state index contributed by atoms with van der Waals surface area (Å²) in [5.41, 5.74) is 0. The van der Waals surface area contributed by atoms with Crippen molar-refractivity contribution in [3.63, 3.8) is 0 Å². The highest BCUT2D eigenvalue weighted by molar-refractivity contribution is 5.70. The number of esters is 1. The van der Waals surface area contributed by atoms with Gasteiger partial charge in [-0.25, -0.2) is 4.79 Å². The van der Waals surface area contributed by atoms with Crippen LogP contribution >= 0.6 is 0 Å². The average molecular weight is 499 g/mol. The fourth-order valence-corrected chi connectivity index (χ4v) is 2.21. The Morgan fingerprint density at radius 1 is 0.471 bits per heavy atom. The Morgan fingerprint density at radius 3 is 1.12 bits per heavy atom. The van der Waals surface area contributed by atoms with E-state index in [0.29, 0.717) is 112 Å². The molecule has 0 radical (unpaired) electrons. The maximum atomic E-state index is 11.3. The van der Waals surface area contributed by atoms with E-state index in [0.717, 1.165) is 12.8 Å². The van der Waals surface area contributed by atoms with Crippen molar-refractivity contribution in [1.82, 2.24) is 0 Å². The SMILES string of the molecule is CCCCOC(=O)COCCOCCOCCOCCOCCOCCOCCOCCOC. The molecule has 0 unspecified atom stereocenters. The normalized spacial score (nSPS) is 11.2. The van der Waals surface area contributed by atoms with Gasteiger partial charge in [0.05, 0.1) is 112 Å². The summed E-state index contributed by atoms with van der Waals surface area (Å²) in [6.07, 6.45) is 1.86. The van der Waals surface area contributed by atoms with Crippen LogP contribution < -0.4 is 0 Å². The summed E-state index contributed by atoms with van der Waals surface area (Å²) in [5.74, 6) is -0.340. The predicted molar refractivity (Wildman–Crippen MR) is 124 cm³/mol. The Morgan fingerprint density at radius 2 is 0.794 bits per heavy atom. The fourth-order valence-electron chi connectivity index (χ4n) is 2.21. The molecule has 0 amide bonds. The molecule has 0 bridgehead atoms. The third-order valence-electron chi connectivity index (χ3n) is 4.02. The minimum absolute atomic E-state index is 0.0425. The molecule has 0 atom stereocenters. The molecule has 0 fully saturated rings.